The first kappa shape index (κ1) is 11.0. The highest BCUT2D eigenvalue weighted by Crippen LogP contribution is 2.17. The molecule has 90 valence electrons. The molecule has 5 nitrogen and oxygen atoms in total. The van der Waals surface area contributed by atoms with Crippen molar-refractivity contribution in [2.75, 3.05) is 0 Å². The lowest BCUT2D eigenvalue weighted by molar-refractivity contribution is 0.628. The number of hydrogen-bond donors (Lipinski definition) is 1. The first-order chi connectivity index (χ1) is 8.65. The van der Waals surface area contributed by atoms with Crippen molar-refractivity contribution >= 4 is 17.9 Å². The lowest BCUT2D eigenvalue weighted by Gasteiger charge is -1.93. The van der Waals surface area contributed by atoms with Gasteiger partial charge in [-0.05, 0) is 43.4 Å². The molecule has 0 unspecified atom stereocenters. The van der Waals surface area contributed by atoms with E-state index in [1.165, 1.54) is 16.6 Å². The predicted octanol–water partition coefficient (Wildman–Crippen LogP) is 2.30. The predicted molar refractivity (Wildman–Crippen MR) is 66.1 cm³/mol. The number of H-pyrrole nitrogens is 1. The molecule has 7 heteroatoms. The van der Waals surface area contributed by atoms with Gasteiger partial charge in [0.05, 0.1) is 0 Å². The Morgan fingerprint density at radius 1 is 1.28 bits per heavy atom. The van der Waals surface area contributed by atoms with E-state index >= 15 is 0 Å². The molecule has 0 fully saturated rings. The second kappa shape index (κ2) is 3.95. The van der Waals surface area contributed by atoms with Crippen LogP contribution >= 0.6 is 12.2 Å². The molecule has 0 aliphatic rings. The Bertz CT molecular complexity index is 774. The Hall–Kier alpha value is -2.15. The van der Waals surface area contributed by atoms with Crippen molar-refractivity contribution in [3.05, 3.63) is 40.5 Å². The molecule has 0 aliphatic carbocycles. The van der Waals surface area contributed by atoms with Gasteiger partial charge < -0.3 is 0 Å². The number of aryl methyl sites for hydroxylation is 1. The highest BCUT2D eigenvalue weighted by atomic mass is 32.1. The van der Waals surface area contributed by atoms with Gasteiger partial charge in [0.15, 0.2) is 11.5 Å². The number of nitrogens with zero attached hydrogens (tertiary/aromatic N) is 4. The smallest absolute Gasteiger partial charge is 0.216 e. The molecule has 1 aromatic carbocycles. The fourth-order valence-corrected chi connectivity index (χ4v) is 1.81. The van der Waals surface area contributed by atoms with Gasteiger partial charge in [-0.1, -0.05) is 0 Å². The lowest BCUT2D eigenvalue weighted by Crippen LogP contribution is -1.98. The third-order valence-electron chi connectivity index (χ3n) is 2.54. The number of rotatable bonds is 1. The van der Waals surface area contributed by atoms with Crippen LogP contribution in [0.15, 0.2) is 24.3 Å². The van der Waals surface area contributed by atoms with Crippen LogP contribution in [0.25, 0.3) is 17.0 Å². The molecule has 3 rings (SSSR count). The summed E-state index contributed by atoms with van der Waals surface area (Å²) in [7, 11) is 0. The van der Waals surface area contributed by atoms with Gasteiger partial charge >= 0.3 is 0 Å². The second-order valence-corrected chi connectivity index (χ2v) is 4.18. The number of fused-ring (bicyclic) bond motifs is 1. The molecule has 0 bridgehead atoms. The number of aromatic nitrogens is 5. The van der Waals surface area contributed by atoms with E-state index in [4.69, 9.17) is 12.2 Å². The highest BCUT2D eigenvalue weighted by molar-refractivity contribution is 7.71. The number of nitrogens with one attached hydrogen (secondary N) is 1. The number of hydrogen-bond acceptors (Lipinski definition) is 4. The molecule has 0 spiro atoms. The first-order valence-electron chi connectivity index (χ1n) is 5.23. The molecule has 0 aliphatic heterocycles. The zero-order valence-corrected chi connectivity index (χ0v) is 10.2. The monoisotopic (exact) mass is 261 g/mol. The maximum Gasteiger partial charge on any atom is 0.216 e. The van der Waals surface area contributed by atoms with Crippen molar-refractivity contribution in [1.29, 1.82) is 0 Å². The summed E-state index contributed by atoms with van der Waals surface area (Å²) in [6.45, 7) is 1.81. The third-order valence-corrected chi connectivity index (χ3v) is 2.81. The average Bonchev–Trinajstić information content (AvgIpc) is 2.81. The molecule has 0 saturated heterocycles. The van der Waals surface area contributed by atoms with E-state index in [0.717, 1.165) is 5.56 Å². The summed E-state index contributed by atoms with van der Waals surface area (Å²) in [5.74, 6) is 0.197. The van der Waals surface area contributed by atoms with Crippen molar-refractivity contribution in [1.82, 2.24) is 24.8 Å². The Kier molecular flexibility index (Phi) is 2.41. The Morgan fingerprint density at radius 3 is 2.67 bits per heavy atom. The molecule has 1 N–H and O–H groups in total. The molecule has 18 heavy (non-hydrogen) atoms. The maximum atomic E-state index is 12.9. The Balaban J connectivity index is 2.25. The normalized spacial score (nSPS) is 11.0. The summed E-state index contributed by atoms with van der Waals surface area (Å²) in [4.78, 5) is 4.35. The van der Waals surface area contributed by atoms with Gasteiger partial charge in [0.2, 0.25) is 4.77 Å². The fraction of sp³-hybridized carbons (Fsp3) is 0.0909. The molecule has 0 saturated carbocycles. The summed E-state index contributed by atoms with van der Waals surface area (Å²) in [6.07, 6.45) is 0. The Morgan fingerprint density at radius 2 is 2.00 bits per heavy atom. The van der Waals surface area contributed by atoms with E-state index in [-0.39, 0.29) is 5.82 Å². The van der Waals surface area contributed by atoms with Crippen molar-refractivity contribution in [2.24, 2.45) is 0 Å². The van der Waals surface area contributed by atoms with E-state index in [9.17, 15) is 4.39 Å². The van der Waals surface area contributed by atoms with Crippen molar-refractivity contribution in [3.63, 3.8) is 0 Å². The van der Waals surface area contributed by atoms with Crippen LogP contribution in [0.5, 0.6) is 0 Å². The van der Waals surface area contributed by atoms with Crippen LogP contribution in [0.1, 0.15) is 5.69 Å². The molecule has 0 radical (unpaired) electrons. The largest absolute Gasteiger partial charge is 0.252 e. The minimum atomic E-state index is -0.294. The van der Waals surface area contributed by atoms with Crippen LogP contribution in [-0.2, 0) is 0 Å². The van der Waals surface area contributed by atoms with Crippen LogP contribution < -0.4 is 0 Å². The number of aromatic amines is 1. The topological polar surface area (TPSA) is 58.9 Å². The second-order valence-electron chi connectivity index (χ2n) is 3.79. The van der Waals surface area contributed by atoms with Gasteiger partial charge in [-0.25, -0.2) is 9.37 Å². The summed E-state index contributed by atoms with van der Waals surface area (Å²) in [5, 5.41) is 11.0. The summed E-state index contributed by atoms with van der Waals surface area (Å²) < 4.78 is 14.7. The van der Waals surface area contributed by atoms with Gasteiger partial charge in [0.25, 0.3) is 0 Å². The molecule has 3 aromatic rings. The summed E-state index contributed by atoms with van der Waals surface area (Å²) in [6, 6.07) is 5.99. The van der Waals surface area contributed by atoms with Gasteiger partial charge in [-0.3, -0.25) is 5.10 Å². The van der Waals surface area contributed by atoms with Crippen LogP contribution in [0.3, 0.4) is 0 Å². The molecule has 2 heterocycles. The number of halogens is 1. The van der Waals surface area contributed by atoms with Gasteiger partial charge in [0, 0.05) is 5.56 Å². The standard InChI is InChI=1S/C11H8FN5S/c1-6-10-13-9(7-2-4-8(12)5-3-7)16-17(10)11(18)15-14-6/h2-5H,1H3,(H,15,18). The van der Waals surface area contributed by atoms with Crippen LogP contribution in [-0.4, -0.2) is 24.8 Å². The van der Waals surface area contributed by atoms with Crippen LogP contribution in [0.2, 0.25) is 0 Å². The SMILES string of the molecule is Cc1n[nH]c(=S)n2nc(-c3ccc(F)cc3)nc12. The first-order valence-corrected chi connectivity index (χ1v) is 5.64. The molecule has 0 atom stereocenters. The summed E-state index contributed by atoms with van der Waals surface area (Å²) in [5.41, 5.74) is 2.02. The molecule has 2 aromatic heterocycles. The van der Waals surface area contributed by atoms with Crippen LogP contribution in [0.4, 0.5) is 4.39 Å². The lowest BCUT2D eigenvalue weighted by atomic mass is 10.2. The maximum absolute atomic E-state index is 12.9. The fourth-order valence-electron chi connectivity index (χ4n) is 1.64. The van der Waals surface area contributed by atoms with Gasteiger partial charge in [0.1, 0.15) is 11.5 Å². The van der Waals surface area contributed by atoms with E-state index in [1.54, 1.807) is 12.1 Å². The minimum Gasteiger partial charge on any atom is -0.252 e. The average molecular weight is 261 g/mol. The van der Waals surface area contributed by atoms with E-state index in [1.807, 2.05) is 6.92 Å². The van der Waals surface area contributed by atoms with Crippen molar-refractivity contribution < 1.29 is 4.39 Å². The highest BCUT2D eigenvalue weighted by Gasteiger charge is 2.09. The van der Waals surface area contributed by atoms with Gasteiger partial charge in [-0.15, -0.1) is 5.10 Å². The molecular formula is C11H8FN5S. The van der Waals surface area contributed by atoms with E-state index < -0.39 is 0 Å². The van der Waals surface area contributed by atoms with Gasteiger partial charge in [-0.2, -0.15) is 9.61 Å². The van der Waals surface area contributed by atoms with Crippen LogP contribution in [0, 0.1) is 17.5 Å². The van der Waals surface area contributed by atoms with E-state index in [2.05, 4.69) is 20.3 Å². The van der Waals surface area contributed by atoms with Crippen molar-refractivity contribution in [2.45, 2.75) is 6.92 Å². The zero-order valence-electron chi connectivity index (χ0n) is 9.38. The van der Waals surface area contributed by atoms with E-state index in [0.29, 0.717) is 21.9 Å². The zero-order chi connectivity index (χ0) is 12.7. The Labute approximate surface area is 106 Å². The number of benzene rings is 1. The third kappa shape index (κ3) is 1.68. The summed E-state index contributed by atoms with van der Waals surface area (Å²) >= 11 is 5.08. The molecule has 0 amide bonds. The van der Waals surface area contributed by atoms with Crippen molar-refractivity contribution in [3.8, 4) is 11.4 Å². The quantitative estimate of drug-likeness (QED) is 0.683. The molecular weight excluding hydrogens is 253 g/mol. The minimum absolute atomic E-state index is 0.294.